The van der Waals surface area contributed by atoms with Gasteiger partial charge in [-0.2, -0.15) is 0 Å². The molecule has 1 N–H and O–H groups in total. The van der Waals surface area contributed by atoms with E-state index in [2.05, 4.69) is 19.2 Å². The molecule has 4 heteroatoms. The highest BCUT2D eigenvalue weighted by atomic mass is 16.5. The molecule has 0 aliphatic carbocycles. The van der Waals surface area contributed by atoms with Crippen LogP contribution < -0.4 is 5.32 Å². The predicted octanol–water partition coefficient (Wildman–Crippen LogP) is 1.65. The molecule has 4 nitrogen and oxygen atoms in total. The van der Waals surface area contributed by atoms with Gasteiger partial charge in [-0.25, -0.2) is 0 Å². The maximum atomic E-state index is 11.9. The molecule has 1 aliphatic heterocycles. The number of amides is 1. The first-order valence-corrected chi connectivity index (χ1v) is 7.21. The number of likely N-dealkylation sites (tertiary alicyclic amines) is 1. The van der Waals surface area contributed by atoms with Gasteiger partial charge in [0, 0.05) is 32.7 Å². The van der Waals surface area contributed by atoms with Crippen LogP contribution in [0.15, 0.2) is 0 Å². The van der Waals surface area contributed by atoms with E-state index in [9.17, 15) is 4.79 Å². The van der Waals surface area contributed by atoms with Gasteiger partial charge in [0.05, 0.1) is 6.61 Å². The normalized spacial score (nSPS) is 21.6. The summed E-state index contributed by atoms with van der Waals surface area (Å²) < 4.78 is 5.22. The van der Waals surface area contributed by atoms with Crippen molar-refractivity contribution in [3.8, 4) is 0 Å². The molecule has 0 aromatic rings. The van der Waals surface area contributed by atoms with Crippen LogP contribution in [0.25, 0.3) is 0 Å². The monoisotopic (exact) mass is 256 g/mol. The van der Waals surface area contributed by atoms with E-state index < -0.39 is 0 Å². The summed E-state index contributed by atoms with van der Waals surface area (Å²) in [5.74, 6) is 0.879. The molecule has 1 heterocycles. The second kappa shape index (κ2) is 8.48. The van der Waals surface area contributed by atoms with Crippen LogP contribution in [-0.2, 0) is 9.53 Å². The van der Waals surface area contributed by atoms with E-state index in [1.54, 1.807) is 7.11 Å². The Bertz CT molecular complexity index is 246. The molecule has 1 amide bonds. The minimum absolute atomic E-state index is 0.263. The van der Waals surface area contributed by atoms with Gasteiger partial charge in [0.2, 0.25) is 5.91 Å². The van der Waals surface area contributed by atoms with Gasteiger partial charge < -0.3 is 15.0 Å². The number of methoxy groups -OCH3 is 1. The zero-order valence-electron chi connectivity index (χ0n) is 12.1. The number of carbonyl (C=O) groups excluding carboxylic acids is 1. The fourth-order valence-corrected chi connectivity index (χ4v) is 2.62. The molecule has 2 unspecified atom stereocenters. The lowest BCUT2D eigenvalue weighted by atomic mass is 10.0. The van der Waals surface area contributed by atoms with Crippen LogP contribution >= 0.6 is 0 Å². The molecule has 1 aliphatic rings. The zero-order valence-corrected chi connectivity index (χ0v) is 12.1. The SMILES string of the molecule is CCCNC(COC)CN1CC(CCC)CC1=O. The summed E-state index contributed by atoms with van der Waals surface area (Å²) in [5, 5.41) is 3.45. The first kappa shape index (κ1) is 15.4. The molecule has 0 bridgehead atoms. The lowest BCUT2D eigenvalue weighted by Crippen LogP contribution is -2.44. The summed E-state index contributed by atoms with van der Waals surface area (Å²) in [6, 6.07) is 0.263. The van der Waals surface area contributed by atoms with Gasteiger partial charge in [0.1, 0.15) is 0 Å². The summed E-state index contributed by atoms with van der Waals surface area (Å²) in [5.41, 5.74) is 0. The van der Waals surface area contributed by atoms with Crippen LogP contribution in [0, 0.1) is 5.92 Å². The Labute approximate surface area is 111 Å². The van der Waals surface area contributed by atoms with E-state index in [0.29, 0.717) is 18.4 Å². The average Bonchev–Trinajstić information content (AvgIpc) is 2.67. The number of hydrogen-bond acceptors (Lipinski definition) is 3. The van der Waals surface area contributed by atoms with Crippen LogP contribution in [-0.4, -0.2) is 50.2 Å². The van der Waals surface area contributed by atoms with E-state index in [0.717, 1.165) is 32.5 Å². The van der Waals surface area contributed by atoms with Crippen molar-refractivity contribution < 1.29 is 9.53 Å². The molecule has 18 heavy (non-hydrogen) atoms. The third-order valence-corrected chi connectivity index (χ3v) is 3.48. The molecule has 1 fully saturated rings. The van der Waals surface area contributed by atoms with Crippen molar-refractivity contribution in [1.82, 2.24) is 10.2 Å². The molecule has 0 radical (unpaired) electrons. The molecular formula is C14H28N2O2. The van der Waals surface area contributed by atoms with Gasteiger partial charge in [0.15, 0.2) is 0 Å². The second-order valence-corrected chi connectivity index (χ2v) is 5.26. The van der Waals surface area contributed by atoms with Crippen molar-refractivity contribution in [2.75, 3.05) is 33.4 Å². The Morgan fingerprint density at radius 1 is 1.44 bits per heavy atom. The Kier molecular flexibility index (Phi) is 7.28. The quantitative estimate of drug-likeness (QED) is 0.682. The van der Waals surface area contributed by atoms with Gasteiger partial charge >= 0.3 is 0 Å². The first-order valence-electron chi connectivity index (χ1n) is 7.21. The fraction of sp³-hybridized carbons (Fsp3) is 0.929. The maximum absolute atomic E-state index is 11.9. The van der Waals surface area contributed by atoms with E-state index in [4.69, 9.17) is 4.74 Å². The van der Waals surface area contributed by atoms with E-state index in [-0.39, 0.29) is 6.04 Å². The molecule has 0 spiro atoms. The standard InChI is InChI=1S/C14H28N2O2/c1-4-6-12-8-14(17)16(9-12)10-13(11-18-3)15-7-5-2/h12-13,15H,4-11H2,1-3H3. The topological polar surface area (TPSA) is 41.6 Å². The van der Waals surface area contributed by atoms with Crippen molar-refractivity contribution in [1.29, 1.82) is 0 Å². The summed E-state index contributed by atoms with van der Waals surface area (Å²) in [6.45, 7) is 7.70. The van der Waals surface area contributed by atoms with Crippen molar-refractivity contribution in [3.05, 3.63) is 0 Å². The van der Waals surface area contributed by atoms with Crippen LogP contribution in [0.3, 0.4) is 0 Å². The minimum Gasteiger partial charge on any atom is -0.383 e. The Morgan fingerprint density at radius 3 is 2.83 bits per heavy atom. The van der Waals surface area contributed by atoms with Crippen molar-refractivity contribution in [2.45, 2.75) is 45.6 Å². The molecule has 1 rings (SSSR count). The molecule has 1 saturated heterocycles. The highest BCUT2D eigenvalue weighted by Crippen LogP contribution is 2.22. The predicted molar refractivity (Wildman–Crippen MR) is 73.6 cm³/mol. The van der Waals surface area contributed by atoms with Crippen molar-refractivity contribution in [3.63, 3.8) is 0 Å². The number of ether oxygens (including phenoxy) is 1. The highest BCUT2D eigenvalue weighted by Gasteiger charge is 2.30. The Hall–Kier alpha value is -0.610. The molecule has 106 valence electrons. The van der Waals surface area contributed by atoms with E-state index in [1.165, 1.54) is 12.8 Å². The third-order valence-electron chi connectivity index (χ3n) is 3.48. The van der Waals surface area contributed by atoms with Crippen molar-refractivity contribution in [2.24, 2.45) is 5.92 Å². The molecule has 0 aromatic heterocycles. The van der Waals surface area contributed by atoms with Crippen LogP contribution in [0.1, 0.15) is 39.5 Å². The minimum atomic E-state index is 0.263. The number of nitrogens with one attached hydrogen (secondary N) is 1. The smallest absolute Gasteiger partial charge is 0.222 e. The molecular weight excluding hydrogens is 228 g/mol. The molecule has 0 saturated carbocycles. The second-order valence-electron chi connectivity index (χ2n) is 5.26. The van der Waals surface area contributed by atoms with Gasteiger partial charge in [-0.1, -0.05) is 20.3 Å². The van der Waals surface area contributed by atoms with Crippen LogP contribution in [0.5, 0.6) is 0 Å². The number of nitrogens with zero attached hydrogens (tertiary/aromatic N) is 1. The van der Waals surface area contributed by atoms with Crippen molar-refractivity contribution >= 4 is 5.91 Å². The number of hydrogen-bond donors (Lipinski definition) is 1. The maximum Gasteiger partial charge on any atom is 0.222 e. The van der Waals surface area contributed by atoms with Gasteiger partial charge in [-0.15, -0.1) is 0 Å². The highest BCUT2D eigenvalue weighted by molar-refractivity contribution is 5.78. The van der Waals surface area contributed by atoms with E-state index in [1.807, 2.05) is 4.90 Å². The summed E-state index contributed by atoms with van der Waals surface area (Å²) in [6.07, 6.45) is 4.18. The average molecular weight is 256 g/mol. The molecule has 0 aromatic carbocycles. The first-order chi connectivity index (χ1) is 8.71. The van der Waals surface area contributed by atoms with E-state index >= 15 is 0 Å². The largest absolute Gasteiger partial charge is 0.383 e. The lowest BCUT2D eigenvalue weighted by Gasteiger charge is -2.24. The number of rotatable bonds is 9. The summed E-state index contributed by atoms with van der Waals surface area (Å²) in [7, 11) is 1.71. The Morgan fingerprint density at radius 2 is 2.22 bits per heavy atom. The van der Waals surface area contributed by atoms with Crippen LogP contribution in [0.4, 0.5) is 0 Å². The Balaban J connectivity index is 2.40. The zero-order chi connectivity index (χ0) is 13.4. The van der Waals surface area contributed by atoms with Crippen LogP contribution in [0.2, 0.25) is 0 Å². The number of carbonyl (C=O) groups is 1. The van der Waals surface area contributed by atoms with Gasteiger partial charge in [-0.3, -0.25) is 4.79 Å². The third kappa shape index (κ3) is 4.94. The van der Waals surface area contributed by atoms with Gasteiger partial charge in [-0.05, 0) is 25.3 Å². The summed E-state index contributed by atoms with van der Waals surface area (Å²) in [4.78, 5) is 13.9. The van der Waals surface area contributed by atoms with Gasteiger partial charge in [0.25, 0.3) is 0 Å². The molecule has 2 atom stereocenters. The lowest BCUT2D eigenvalue weighted by molar-refractivity contribution is -0.128. The summed E-state index contributed by atoms with van der Waals surface area (Å²) >= 11 is 0. The fourth-order valence-electron chi connectivity index (χ4n) is 2.62.